The van der Waals surface area contributed by atoms with Gasteiger partial charge in [0.25, 0.3) is 5.56 Å². The van der Waals surface area contributed by atoms with E-state index in [0.717, 1.165) is 13.0 Å². The van der Waals surface area contributed by atoms with Gasteiger partial charge in [-0.15, -0.1) is 24.8 Å². The van der Waals surface area contributed by atoms with Crippen LogP contribution in [0.3, 0.4) is 0 Å². The van der Waals surface area contributed by atoms with Crippen LogP contribution in [0.4, 0.5) is 0 Å². The average molecular weight is 399 g/mol. The molecular formula is C17H20Cl2N4O3. The summed E-state index contributed by atoms with van der Waals surface area (Å²) in [5.74, 6) is -0.145. The van der Waals surface area contributed by atoms with Crippen molar-refractivity contribution >= 4 is 41.5 Å². The second-order valence-electron chi connectivity index (χ2n) is 6.03. The molecule has 1 aliphatic rings. The van der Waals surface area contributed by atoms with E-state index < -0.39 is 6.10 Å². The van der Waals surface area contributed by atoms with Crippen LogP contribution in [-0.2, 0) is 11.3 Å². The number of aliphatic hydroxyl groups is 1. The molecule has 0 spiro atoms. The van der Waals surface area contributed by atoms with Crippen molar-refractivity contribution in [2.75, 3.05) is 6.54 Å². The largest absolute Gasteiger partial charge is 0.391 e. The summed E-state index contributed by atoms with van der Waals surface area (Å²) in [6, 6.07) is 6.42. The number of fused-ring (bicyclic) bond motifs is 1. The number of piperidine rings is 1. The van der Waals surface area contributed by atoms with Gasteiger partial charge in [0.15, 0.2) is 5.78 Å². The molecule has 1 aliphatic heterocycles. The van der Waals surface area contributed by atoms with Gasteiger partial charge in [0.2, 0.25) is 0 Å². The summed E-state index contributed by atoms with van der Waals surface area (Å²) in [7, 11) is 0. The van der Waals surface area contributed by atoms with Crippen molar-refractivity contribution in [3.05, 3.63) is 40.4 Å². The van der Waals surface area contributed by atoms with Crippen LogP contribution in [0, 0.1) is 11.3 Å². The highest BCUT2D eigenvalue weighted by Crippen LogP contribution is 2.12. The maximum Gasteiger partial charge on any atom is 0.261 e. The van der Waals surface area contributed by atoms with Crippen LogP contribution in [0.2, 0.25) is 0 Å². The summed E-state index contributed by atoms with van der Waals surface area (Å²) in [6.07, 6.45) is 2.55. The van der Waals surface area contributed by atoms with Gasteiger partial charge >= 0.3 is 0 Å². The first-order valence-electron chi connectivity index (χ1n) is 7.91. The molecule has 2 heterocycles. The van der Waals surface area contributed by atoms with Gasteiger partial charge in [-0.05, 0) is 37.6 Å². The lowest BCUT2D eigenvalue weighted by atomic mass is 9.97. The summed E-state index contributed by atoms with van der Waals surface area (Å²) in [6.45, 7) is 0.687. The Labute approximate surface area is 162 Å². The number of ketones is 1. The van der Waals surface area contributed by atoms with Crippen molar-refractivity contribution in [3.8, 4) is 6.07 Å². The van der Waals surface area contributed by atoms with E-state index in [-0.39, 0.29) is 55.2 Å². The van der Waals surface area contributed by atoms with Crippen molar-refractivity contribution < 1.29 is 9.90 Å². The number of halogens is 2. The first-order valence-corrected chi connectivity index (χ1v) is 7.91. The number of benzene rings is 1. The molecule has 0 aliphatic carbocycles. The van der Waals surface area contributed by atoms with E-state index in [0.29, 0.717) is 22.9 Å². The standard InChI is InChI=1S/C17H18N4O3.2ClH/c18-8-11-3-4-14-13(6-11)17(24)21(10-20-14)9-12(22)7-15-16(23)2-1-5-19-15;;/h3-4,6,10,15-16,19,23H,1-2,5,7,9H2;2*1H/t15-,16+;;/m1../s1. The Morgan fingerprint density at radius 1 is 1.42 bits per heavy atom. The van der Waals surface area contributed by atoms with Gasteiger partial charge < -0.3 is 10.4 Å². The maximum absolute atomic E-state index is 12.5. The number of hydrogen-bond acceptors (Lipinski definition) is 6. The van der Waals surface area contributed by atoms with E-state index >= 15 is 0 Å². The molecule has 1 aromatic heterocycles. The number of aromatic nitrogens is 2. The Bertz CT molecular complexity index is 878. The van der Waals surface area contributed by atoms with Gasteiger partial charge in [-0.2, -0.15) is 5.26 Å². The molecule has 0 saturated carbocycles. The van der Waals surface area contributed by atoms with E-state index in [9.17, 15) is 14.7 Å². The zero-order valence-corrected chi connectivity index (χ0v) is 15.6. The van der Waals surface area contributed by atoms with Crippen LogP contribution in [0.25, 0.3) is 10.9 Å². The average Bonchev–Trinajstić information content (AvgIpc) is 2.59. The number of rotatable bonds is 4. The Kier molecular flexibility index (Phi) is 8.18. The van der Waals surface area contributed by atoms with E-state index in [1.807, 2.05) is 6.07 Å². The molecule has 2 aromatic rings. The molecule has 0 bridgehead atoms. The normalized spacial score (nSPS) is 19.1. The van der Waals surface area contributed by atoms with Gasteiger partial charge in [0.05, 0.1) is 41.5 Å². The number of nitrogens with one attached hydrogen (secondary N) is 1. The molecule has 0 radical (unpaired) electrons. The summed E-state index contributed by atoms with van der Waals surface area (Å²) < 4.78 is 1.25. The molecule has 1 saturated heterocycles. The number of nitrogens with zero attached hydrogens (tertiary/aromatic N) is 3. The van der Waals surface area contributed by atoms with Crippen LogP contribution in [0.15, 0.2) is 29.3 Å². The van der Waals surface area contributed by atoms with Gasteiger partial charge in [-0.1, -0.05) is 0 Å². The van der Waals surface area contributed by atoms with Crippen LogP contribution in [0.5, 0.6) is 0 Å². The quantitative estimate of drug-likeness (QED) is 0.800. The summed E-state index contributed by atoms with van der Waals surface area (Å²) >= 11 is 0. The molecule has 1 fully saturated rings. The third-order valence-electron chi connectivity index (χ3n) is 4.30. The molecule has 2 N–H and O–H groups in total. The number of Topliss-reactive ketones (excluding diaryl/α,β-unsaturated/α-hetero) is 1. The molecule has 7 nitrogen and oxygen atoms in total. The maximum atomic E-state index is 12.5. The zero-order chi connectivity index (χ0) is 17.1. The van der Waals surface area contributed by atoms with Gasteiger partial charge in [0, 0.05) is 12.5 Å². The highest BCUT2D eigenvalue weighted by molar-refractivity contribution is 5.85. The Hall–Kier alpha value is -1.98. The Morgan fingerprint density at radius 3 is 2.88 bits per heavy atom. The van der Waals surface area contributed by atoms with Crippen LogP contribution < -0.4 is 10.9 Å². The summed E-state index contributed by atoms with van der Waals surface area (Å²) in [4.78, 5) is 28.9. The van der Waals surface area contributed by atoms with Crippen molar-refractivity contribution in [1.29, 1.82) is 5.26 Å². The van der Waals surface area contributed by atoms with Gasteiger partial charge in [-0.3, -0.25) is 14.2 Å². The minimum absolute atomic E-state index is 0. The SMILES string of the molecule is Cl.Cl.N#Cc1ccc2ncn(CC(=O)C[C@H]3NCCC[C@@H]3O)c(=O)c2c1. The predicted molar refractivity (Wildman–Crippen MR) is 102 cm³/mol. The lowest BCUT2D eigenvalue weighted by Gasteiger charge is -2.28. The van der Waals surface area contributed by atoms with Crippen molar-refractivity contribution in [2.45, 2.75) is 38.0 Å². The molecule has 0 amide bonds. The second-order valence-corrected chi connectivity index (χ2v) is 6.03. The fraction of sp³-hybridized carbons (Fsp3) is 0.412. The smallest absolute Gasteiger partial charge is 0.261 e. The first kappa shape index (κ1) is 22.1. The van der Waals surface area contributed by atoms with E-state index in [1.54, 1.807) is 12.1 Å². The number of nitriles is 1. The fourth-order valence-electron chi connectivity index (χ4n) is 2.99. The Balaban J connectivity index is 0.00000169. The fourth-order valence-corrected chi connectivity index (χ4v) is 2.99. The summed E-state index contributed by atoms with van der Waals surface area (Å²) in [5.41, 5.74) is 0.523. The van der Waals surface area contributed by atoms with Crippen molar-refractivity contribution in [3.63, 3.8) is 0 Å². The number of carbonyl (C=O) groups is 1. The van der Waals surface area contributed by atoms with Crippen LogP contribution in [0.1, 0.15) is 24.8 Å². The second kappa shape index (κ2) is 9.64. The number of carbonyl (C=O) groups excluding carboxylic acids is 1. The molecule has 140 valence electrons. The lowest BCUT2D eigenvalue weighted by molar-refractivity contribution is -0.121. The third-order valence-corrected chi connectivity index (χ3v) is 4.30. The van der Waals surface area contributed by atoms with E-state index in [1.165, 1.54) is 17.0 Å². The van der Waals surface area contributed by atoms with E-state index in [2.05, 4.69) is 10.3 Å². The molecule has 9 heteroatoms. The topological polar surface area (TPSA) is 108 Å². The number of aliphatic hydroxyl groups excluding tert-OH is 1. The van der Waals surface area contributed by atoms with Crippen LogP contribution >= 0.6 is 24.8 Å². The van der Waals surface area contributed by atoms with Gasteiger partial charge in [-0.25, -0.2) is 4.98 Å². The van der Waals surface area contributed by atoms with E-state index in [4.69, 9.17) is 5.26 Å². The van der Waals surface area contributed by atoms with Crippen LogP contribution in [-0.4, -0.2) is 39.1 Å². The highest BCUT2D eigenvalue weighted by atomic mass is 35.5. The van der Waals surface area contributed by atoms with Crippen molar-refractivity contribution in [1.82, 2.24) is 14.9 Å². The minimum Gasteiger partial charge on any atom is -0.391 e. The van der Waals surface area contributed by atoms with Gasteiger partial charge in [0.1, 0.15) is 0 Å². The van der Waals surface area contributed by atoms with Crippen molar-refractivity contribution in [2.24, 2.45) is 0 Å². The lowest BCUT2D eigenvalue weighted by Crippen LogP contribution is -2.46. The zero-order valence-electron chi connectivity index (χ0n) is 13.9. The molecule has 3 rings (SSSR count). The Morgan fingerprint density at radius 2 is 2.19 bits per heavy atom. The molecular weight excluding hydrogens is 379 g/mol. The molecule has 2 atom stereocenters. The molecule has 26 heavy (non-hydrogen) atoms. The minimum atomic E-state index is -0.535. The third kappa shape index (κ3) is 4.80. The first-order chi connectivity index (χ1) is 11.6. The summed E-state index contributed by atoms with van der Waals surface area (Å²) in [5, 5.41) is 22.3. The number of hydrogen-bond donors (Lipinski definition) is 2. The molecule has 1 aromatic carbocycles. The highest BCUT2D eigenvalue weighted by Gasteiger charge is 2.25. The monoisotopic (exact) mass is 398 g/mol. The predicted octanol–water partition coefficient (Wildman–Crippen LogP) is 1.18. The molecule has 0 unspecified atom stereocenters.